The average molecular weight is 291 g/mol. The SMILES string of the molecule is Cc1ccccc1-c1ccc2c(c1)CCC(N1CCCC1)C2. The normalized spacial score (nSPS) is 21.8. The predicted octanol–water partition coefficient (Wildman–Crippen LogP) is 4.62. The number of benzene rings is 2. The molecule has 114 valence electrons. The van der Waals surface area contributed by atoms with Gasteiger partial charge in [0.05, 0.1) is 0 Å². The van der Waals surface area contributed by atoms with Gasteiger partial charge in [-0.05, 0) is 79.9 Å². The van der Waals surface area contributed by atoms with Crippen molar-refractivity contribution in [1.29, 1.82) is 0 Å². The number of aryl methyl sites for hydroxylation is 2. The van der Waals surface area contributed by atoms with Crippen LogP contribution in [0.15, 0.2) is 42.5 Å². The smallest absolute Gasteiger partial charge is 0.0139 e. The van der Waals surface area contributed by atoms with Gasteiger partial charge in [0.25, 0.3) is 0 Å². The molecule has 0 aromatic heterocycles. The second-order valence-electron chi connectivity index (χ2n) is 6.94. The molecule has 1 saturated heterocycles. The number of hydrogen-bond acceptors (Lipinski definition) is 1. The van der Waals surface area contributed by atoms with Gasteiger partial charge in [0, 0.05) is 6.04 Å². The van der Waals surface area contributed by atoms with Crippen LogP contribution in [0, 0.1) is 6.92 Å². The lowest BCUT2D eigenvalue weighted by molar-refractivity contribution is 0.222. The molecule has 0 N–H and O–H groups in total. The molecular weight excluding hydrogens is 266 g/mol. The van der Waals surface area contributed by atoms with Gasteiger partial charge < -0.3 is 4.90 Å². The van der Waals surface area contributed by atoms with Crippen LogP contribution in [0.1, 0.15) is 36.0 Å². The number of likely N-dealkylation sites (tertiary alicyclic amines) is 1. The number of hydrogen-bond donors (Lipinski definition) is 0. The van der Waals surface area contributed by atoms with E-state index in [0.717, 1.165) is 6.04 Å². The lowest BCUT2D eigenvalue weighted by Crippen LogP contribution is -2.37. The first-order valence-corrected chi connectivity index (χ1v) is 8.73. The van der Waals surface area contributed by atoms with E-state index >= 15 is 0 Å². The molecule has 0 amide bonds. The van der Waals surface area contributed by atoms with Crippen molar-refractivity contribution in [3.05, 3.63) is 59.2 Å². The first-order valence-electron chi connectivity index (χ1n) is 8.73. The Balaban J connectivity index is 1.60. The standard InChI is InChI=1S/C21H25N/c1-16-6-2-3-7-21(16)19-9-8-18-15-20(11-10-17(18)14-19)22-12-4-5-13-22/h2-3,6-9,14,20H,4-5,10-13,15H2,1H3. The van der Waals surface area contributed by atoms with Crippen molar-refractivity contribution in [3.8, 4) is 11.1 Å². The molecule has 1 nitrogen and oxygen atoms in total. The van der Waals surface area contributed by atoms with Crippen molar-refractivity contribution in [1.82, 2.24) is 4.90 Å². The molecule has 0 saturated carbocycles. The summed E-state index contributed by atoms with van der Waals surface area (Å²) in [4.78, 5) is 2.72. The van der Waals surface area contributed by atoms with Gasteiger partial charge in [-0.25, -0.2) is 0 Å². The molecule has 1 atom stereocenters. The molecule has 1 aliphatic heterocycles. The molecule has 0 radical (unpaired) electrons. The van der Waals surface area contributed by atoms with Crippen LogP contribution in [0.25, 0.3) is 11.1 Å². The van der Waals surface area contributed by atoms with Crippen LogP contribution in [0.4, 0.5) is 0 Å². The first-order chi connectivity index (χ1) is 10.8. The summed E-state index contributed by atoms with van der Waals surface area (Å²) in [6.07, 6.45) is 6.63. The zero-order valence-electron chi connectivity index (χ0n) is 13.5. The lowest BCUT2D eigenvalue weighted by atomic mass is 9.85. The maximum Gasteiger partial charge on any atom is 0.0139 e. The highest BCUT2D eigenvalue weighted by Crippen LogP contribution is 2.31. The Morgan fingerprint density at radius 2 is 1.77 bits per heavy atom. The molecule has 1 heterocycles. The molecule has 4 rings (SSSR count). The number of fused-ring (bicyclic) bond motifs is 1. The van der Waals surface area contributed by atoms with E-state index in [0.29, 0.717) is 0 Å². The summed E-state index contributed by atoms with van der Waals surface area (Å²) in [6.45, 7) is 4.85. The Bertz CT molecular complexity index is 667. The topological polar surface area (TPSA) is 3.24 Å². The molecule has 1 fully saturated rings. The van der Waals surface area contributed by atoms with E-state index < -0.39 is 0 Å². The lowest BCUT2D eigenvalue weighted by Gasteiger charge is -2.32. The fraction of sp³-hybridized carbons (Fsp3) is 0.429. The van der Waals surface area contributed by atoms with Crippen molar-refractivity contribution in [2.24, 2.45) is 0 Å². The Morgan fingerprint density at radius 3 is 2.59 bits per heavy atom. The van der Waals surface area contributed by atoms with E-state index in [1.165, 1.54) is 61.9 Å². The molecule has 2 aromatic rings. The van der Waals surface area contributed by atoms with Gasteiger partial charge in [-0.3, -0.25) is 0 Å². The summed E-state index contributed by atoms with van der Waals surface area (Å²) in [5.41, 5.74) is 7.30. The molecule has 2 aliphatic rings. The zero-order chi connectivity index (χ0) is 14.9. The Kier molecular flexibility index (Phi) is 3.75. The van der Waals surface area contributed by atoms with E-state index in [9.17, 15) is 0 Å². The molecule has 1 aliphatic carbocycles. The quantitative estimate of drug-likeness (QED) is 0.780. The largest absolute Gasteiger partial charge is 0.300 e. The zero-order valence-corrected chi connectivity index (χ0v) is 13.5. The summed E-state index contributed by atoms with van der Waals surface area (Å²) < 4.78 is 0. The van der Waals surface area contributed by atoms with E-state index in [-0.39, 0.29) is 0 Å². The van der Waals surface area contributed by atoms with Crippen LogP contribution >= 0.6 is 0 Å². The Hall–Kier alpha value is -1.60. The van der Waals surface area contributed by atoms with Gasteiger partial charge in [-0.2, -0.15) is 0 Å². The predicted molar refractivity (Wildman–Crippen MR) is 93.2 cm³/mol. The summed E-state index contributed by atoms with van der Waals surface area (Å²) in [7, 11) is 0. The van der Waals surface area contributed by atoms with Crippen molar-refractivity contribution in [2.75, 3.05) is 13.1 Å². The number of nitrogens with zero attached hydrogens (tertiary/aromatic N) is 1. The minimum atomic E-state index is 0.791. The maximum atomic E-state index is 2.72. The molecule has 22 heavy (non-hydrogen) atoms. The second kappa shape index (κ2) is 5.89. The van der Waals surface area contributed by atoms with Gasteiger partial charge in [0.2, 0.25) is 0 Å². The van der Waals surface area contributed by atoms with Crippen LogP contribution in [0.2, 0.25) is 0 Å². The molecule has 1 heteroatoms. The molecule has 2 aromatic carbocycles. The van der Waals surface area contributed by atoms with Crippen molar-refractivity contribution in [2.45, 2.75) is 45.1 Å². The fourth-order valence-corrected chi connectivity index (χ4v) is 4.22. The minimum Gasteiger partial charge on any atom is -0.300 e. The van der Waals surface area contributed by atoms with E-state index in [2.05, 4.69) is 54.3 Å². The van der Waals surface area contributed by atoms with Crippen LogP contribution in [-0.4, -0.2) is 24.0 Å². The molecule has 1 unspecified atom stereocenters. The van der Waals surface area contributed by atoms with E-state index in [1.54, 1.807) is 11.1 Å². The minimum absolute atomic E-state index is 0.791. The Labute approximate surface area is 134 Å². The third-order valence-electron chi connectivity index (χ3n) is 5.52. The first kappa shape index (κ1) is 14.0. The van der Waals surface area contributed by atoms with E-state index in [4.69, 9.17) is 0 Å². The highest BCUT2D eigenvalue weighted by atomic mass is 15.2. The molecular formula is C21H25N. The van der Waals surface area contributed by atoms with Crippen LogP contribution in [0.5, 0.6) is 0 Å². The van der Waals surface area contributed by atoms with Gasteiger partial charge in [0.1, 0.15) is 0 Å². The maximum absolute atomic E-state index is 2.72. The van der Waals surface area contributed by atoms with Gasteiger partial charge >= 0.3 is 0 Å². The Morgan fingerprint density at radius 1 is 0.955 bits per heavy atom. The number of rotatable bonds is 2. The van der Waals surface area contributed by atoms with Crippen LogP contribution in [-0.2, 0) is 12.8 Å². The molecule has 0 spiro atoms. The van der Waals surface area contributed by atoms with Crippen molar-refractivity contribution in [3.63, 3.8) is 0 Å². The monoisotopic (exact) mass is 291 g/mol. The highest BCUT2D eigenvalue weighted by Gasteiger charge is 2.26. The van der Waals surface area contributed by atoms with Crippen LogP contribution < -0.4 is 0 Å². The summed E-state index contributed by atoms with van der Waals surface area (Å²) in [6, 6.07) is 16.7. The van der Waals surface area contributed by atoms with E-state index in [1.807, 2.05) is 0 Å². The average Bonchev–Trinajstić information content (AvgIpc) is 3.09. The van der Waals surface area contributed by atoms with Gasteiger partial charge in [0.15, 0.2) is 0 Å². The third kappa shape index (κ3) is 2.59. The van der Waals surface area contributed by atoms with Gasteiger partial charge in [-0.1, -0.05) is 42.5 Å². The summed E-state index contributed by atoms with van der Waals surface area (Å²) in [5.74, 6) is 0. The third-order valence-corrected chi connectivity index (χ3v) is 5.52. The fourth-order valence-electron chi connectivity index (χ4n) is 4.22. The second-order valence-corrected chi connectivity index (χ2v) is 6.94. The van der Waals surface area contributed by atoms with Gasteiger partial charge in [-0.15, -0.1) is 0 Å². The van der Waals surface area contributed by atoms with Crippen molar-refractivity contribution >= 4 is 0 Å². The summed E-state index contributed by atoms with van der Waals surface area (Å²) >= 11 is 0. The highest BCUT2D eigenvalue weighted by molar-refractivity contribution is 5.68. The molecule has 0 bridgehead atoms. The van der Waals surface area contributed by atoms with Crippen LogP contribution in [0.3, 0.4) is 0 Å². The van der Waals surface area contributed by atoms with Crippen molar-refractivity contribution < 1.29 is 0 Å². The summed E-state index contributed by atoms with van der Waals surface area (Å²) in [5, 5.41) is 0.